The number of amides is 1. The van der Waals surface area contributed by atoms with Crippen LogP contribution in [0.15, 0.2) is 82.7 Å². The van der Waals surface area contributed by atoms with Gasteiger partial charge < -0.3 is 19.3 Å². The Kier molecular flexibility index (Phi) is 8.02. The fourth-order valence-electron chi connectivity index (χ4n) is 4.22. The largest absolute Gasteiger partial charge is 0.490 e. The van der Waals surface area contributed by atoms with Crippen LogP contribution in [-0.2, 0) is 11.4 Å². The van der Waals surface area contributed by atoms with Crippen molar-refractivity contribution in [2.75, 3.05) is 37.7 Å². The highest BCUT2D eigenvalue weighted by molar-refractivity contribution is 8.18. The molecule has 5 rings (SSSR count). The van der Waals surface area contributed by atoms with E-state index in [1.54, 1.807) is 0 Å². The van der Waals surface area contributed by atoms with E-state index in [1.807, 2.05) is 61.5 Å². The van der Waals surface area contributed by atoms with Gasteiger partial charge in [-0.3, -0.25) is 4.79 Å². The second kappa shape index (κ2) is 11.8. The molecule has 0 aliphatic carbocycles. The van der Waals surface area contributed by atoms with Crippen molar-refractivity contribution in [3.8, 4) is 11.5 Å². The van der Waals surface area contributed by atoms with E-state index in [-0.39, 0.29) is 5.91 Å². The Morgan fingerprint density at radius 1 is 0.919 bits per heavy atom. The van der Waals surface area contributed by atoms with E-state index in [2.05, 4.69) is 39.1 Å². The fourth-order valence-corrected chi connectivity index (χ4v) is 5.31. The van der Waals surface area contributed by atoms with Crippen molar-refractivity contribution in [2.45, 2.75) is 13.5 Å². The highest BCUT2D eigenvalue weighted by atomic mass is 35.5. The summed E-state index contributed by atoms with van der Waals surface area (Å²) >= 11 is 7.41. The molecule has 2 aliphatic heterocycles. The first-order chi connectivity index (χ1) is 18.1. The number of para-hydroxylation sites is 1. The zero-order chi connectivity index (χ0) is 25.6. The maximum absolute atomic E-state index is 12.7. The van der Waals surface area contributed by atoms with E-state index in [4.69, 9.17) is 21.1 Å². The van der Waals surface area contributed by atoms with Crippen LogP contribution < -0.4 is 14.4 Å². The Morgan fingerprint density at radius 2 is 1.65 bits per heavy atom. The number of rotatable bonds is 7. The van der Waals surface area contributed by atoms with Gasteiger partial charge in [-0.2, -0.15) is 4.99 Å². The summed E-state index contributed by atoms with van der Waals surface area (Å²) in [6, 6.07) is 23.7. The van der Waals surface area contributed by atoms with Crippen molar-refractivity contribution < 1.29 is 14.3 Å². The van der Waals surface area contributed by atoms with Gasteiger partial charge in [-0.05, 0) is 72.3 Å². The molecule has 1 amide bonds. The molecule has 0 spiro atoms. The van der Waals surface area contributed by atoms with Gasteiger partial charge in [0.25, 0.3) is 5.91 Å². The predicted molar refractivity (Wildman–Crippen MR) is 152 cm³/mol. The van der Waals surface area contributed by atoms with Crippen LogP contribution in [0.25, 0.3) is 6.08 Å². The number of aliphatic imine (C=N–C) groups is 1. The molecular formula is C29H28ClN3O3S. The number of hydrogen-bond acceptors (Lipinski definition) is 6. The first-order valence-corrected chi connectivity index (χ1v) is 13.5. The van der Waals surface area contributed by atoms with E-state index in [0.717, 1.165) is 42.5 Å². The summed E-state index contributed by atoms with van der Waals surface area (Å²) in [6.07, 6.45) is 1.87. The van der Waals surface area contributed by atoms with Crippen LogP contribution in [0.2, 0.25) is 5.02 Å². The van der Waals surface area contributed by atoms with Gasteiger partial charge in [0.1, 0.15) is 6.61 Å². The third-order valence-electron chi connectivity index (χ3n) is 6.15. The minimum absolute atomic E-state index is 0.202. The topological polar surface area (TPSA) is 54.4 Å². The number of halogens is 1. The van der Waals surface area contributed by atoms with Gasteiger partial charge in [-0.15, -0.1) is 0 Å². The molecule has 2 heterocycles. The van der Waals surface area contributed by atoms with Crippen LogP contribution in [0.1, 0.15) is 18.1 Å². The molecule has 2 aliphatic rings. The molecule has 1 fully saturated rings. The zero-order valence-electron chi connectivity index (χ0n) is 20.6. The SMILES string of the molecule is CCOc1cc(C=C2SC(N3CCN(c4ccccc4)CC3)=NC2=O)ccc1OCc1ccc(Cl)cc1. The summed E-state index contributed by atoms with van der Waals surface area (Å²) in [6.45, 7) is 6.29. The van der Waals surface area contributed by atoms with Crippen molar-refractivity contribution in [3.05, 3.63) is 93.9 Å². The molecule has 3 aromatic carbocycles. The third-order valence-corrected chi connectivity index (χ3v) is 7.45. The van der Waals surface area contributed by atoms with Crippen molar-refractivity contribution in [3.63, 3.8) is 0 Å². The molecule has 0 unspecified atom stereocenters. The number of nitrogens with zero attached hydrogens (tertiary/aromatic N) is 3. The summed E-state index contributed by atoms with van der Waals surface area (Å²) in [5.74, 6) is 1.09. The maximum atomic E-state index is 12.7. The number of benzene rings is 3. The van der Waals surface area contributed by atoms with Crippen molar-refractivity contribution in [1.82, 2.24) is 4.90 Å². The Morgan fingerprint density at radius 3 is 2.38 bits per heavy atom. The average Bonchev–Trinajstić information content (AvgIpc) is 3.30. The van der Waals surface area contributed by atoms with Crippen LogP contribution in [0.4, 0.5) is 5.69 Å². The number of anilines is 1. The summed E-state index contributed by atoms with van der Waals surface area (Å²) < 4.78 is 11.8. The fraction of sp³-hybridized carbons (Fsp3) is 0.241. The van der Waals surface area contributed by atoms with Crippen LogP contribution in [0.5, 0.6) is 11.5 Å². The molecule has 190 valence electrons. The van der Waals surface area contributed by atoms with Crippen molar-refractivity contribution in [1.29, 1.82) is 0 Å². The van der Waals surface area contributed by atoms with Crippen LogP contribution >= 0.6 is 23.4 Å². The second-order valence-corrected chi connectivity index (χ2v) is 10.1. The normalized spacial score (nSPS) is 16.8. The number of carbonyl (C=O) groups is 1. The molecule has 6 nitrogen and oxygen atoms in total. The highest BCUT2D eigenvalue weighted by Gasteiger charge is 2.28. The lowest BCUT2D eigenvalue weighted by molar-refractivity contribution is -0.113. The molecule has 3 aromatic rings. The van der Waals surface area contributed by atoms with Gasteiger partial charge in [0.05, 0.1) is 11.5 Å². The smallest absolute Gasteiger partial charge is 0.286 e. The quantitative estimate of drug-likeness (QED) is 0.341. The summed E-state index contributed by atoms with van der Waals surface area (Å²) in [7, 11) is 0. The number of ether oxygens (including phenoxy) is 2. The Bertz CT molecular complexity index is 1300. The number of thioether (sulfide) groups is 1. The number of hydrogen-bond donors (Lipinski definition) is 0. The average molecular weight is 534 g/mol. The molecule has 0 bridgehead atoms. The molecule has 0 saturated carbocycles. The minimum atomic E-state index is -0.202. The first kappa shape index (κ1) is 25.2. The van der Waals surface area contributed by atoms with Gasteiger partial charge in [0, 0.05) is 36.9 Å². The van der Waals surface area contributed by atoms with E-state index in [1.165, 1.54) is 17.4 Å². The standard InChI is InChI=1S/C29H28ClN3O3S/c1-2-35-26-18-22(10-13-25(26)36-20-21-8-11-23(30)12-9-21)19-27-28(34)31-29(37-27)33-16-14-32(15-17-33)24-6-4-3-5-7-24/h3-13,18-19H,2,14-17,20H2,1H3. The van der Waals surface area contributed by atoms with Gasteiger partial charge in [0.15, 0.2) is 16.7 Å². The van der Waals surface area contributed by atoms with Crippen LogP contribution in [-0.4, -0.2) is 48.8 Å². The molecular weight excluding hydrogens is 506 g/mol. The number of piperazine rings is 1. The van der Waals surface area contributed by atoms with Crippen molar-refractivity contribution >= 4 is 46.2 Å². The summed E-state index contributed by atoms with van der Waals surface area (Å²) in [5, 5.41) is 1.47. The van der Waals surface area contributed by atoms with E-state index < -0.39 is 0 Å². The molecule has 0 radical (unpaired) electrons. The highest BCUT2D eigenvalue weighted by Crippen LogP contribution is 2.34. The van der Waals surface area contributed by atoms with Gasteiger partial charge in [-0.1, -0.05) is 48.0 Å². The molecule has 0 atom stereocenters. The van der Waals surface area contributed by atoms with Gasteiger partial charge in [-0.25, -0.2) is 0 Å². The van der Waals surface area contributed by atoms with Gasteiger partial charge in [0.2, 0.25) is 0 Å². The maximum Gasteiger partial charge on any atom is 0.286 e. The number of amidine groups is 1. The van der Waals surface area contributed by atoms with E-state index >= 15 is 0 Å². The molecule has 1 saturated heterocycles. The van der Waals surface area contributed by atoms with Crippen LogP contribution in [0, 0.1) is 0 Å². The Balaban J connectivity index is 1.23. The molecule has 37 heavy (non-hydrogen) atoms. The minimum Gasteiger partial charge on any atom is -0.490 e. The van der Waals surface area contributed by atoms with Crippen molar-refractivity contribution in [2.24, 2.45) is 4.99 Å². The van der Waals surface area contributed by atoms with Crippen LogP contribution in [0.3, 0.4) is 0 Å². The van der Waals surface area contributed by atoms with E-state index in [9.17, 15) is 4.79 Å². The molecule has 0 N–H and O–H groups in total. The second-order valence-electron chi connectivity index (χ2n) is 8.67. The lowest BCUT2D eigenvalue weighted by Gasteiger charge is -2.36. The monoisotopic (exact) mass is 533 g/mol. The predicted octanol–water partition coefficient (Wildman–Crippen LogP) is 6.11. The molecule has 8 heteroatoms. The third kappa shape index (κ3) is 6.29. The zero-order valence-corrected chi connectivity index (χ0v) is 22.2. The Labute approximate surface area is 226 Å². The first-order valence-electron chi connectivity index (χ1n) is 12.3. The lowest BCUT2D eigenvalue weighted by Crippen LogP contribution is -2.47. The van der Waals surface area contributed by atoms with E-state index in [0.29, 0.717) is 34.6 Å². The number of carbonyl (C=O) groups excluding carboxylic acids is 1. The Hall–Kier alpha value is -3.42. The van der Waals surface area contributed by atoms with Gasteiger partial charge >= 0.3 is 0 Å². The summed E-state index contributed by atoms with van der Waals surface area (Å²) in [5.41, 5.74) is 3.11. The lowest BCUT2D eigenvalue weighted by atomic mass is 10.2. The molecule has 0 aromatic heterocycles. The summed E-state index contributed by atoms with van der Waals surface area (Å²) in [4.78, 5) is 22.2.